The average molecular weight is 282 g/mol. The molecular formula is C16H30N2O2. The summed E-state index contributed by atoms with van der Waals surface area (Å²) in [6.07, 6.45) is 4.59. The summed E-state index contributed by atoms with van der Waals surface area (Å²) in [6.45, 7) is 8.58. The lowest BCUT2D eigenvalue weighted by atomic mass is 9.77. The highest BCUT2D eigenvalue weighted by molar-refractivity contribution is 5.83. The van der Waals surface area contributed by atoms with Crippen LogP contribution in [0.15, 0.2) is 0 Å². The van der Waals surface area contributed by atoms with E-state index in [1.54, 1.807) is 0 Å². The van der Waals surface area contributed by atoms with Crippen molar-refractivity contribution in [3.8, 4) is 0 Å². The first-order chi connectivity index (χ1) is 9.56. The predicted molar refractivity (Wildman–Crippen MR) is 81.5 cm³/mol. The maximum absolute atomic E-state index is 12.0. The lowest BCUT2D eigenvalue weighted by molar-refractivity contribution is -0.130. The maximum Gasteiger partial charge on any atom is 0.223 e. The van der Waals surface area contributed by atoms with Crippen molar-refractivity contribution in [3.05, 3.63) is 0 Å². The summed E-state index contributed by atoms with van der Waals surface area (Å²) in [5, 5.41) is 6.26. The Morgan fingerprint density at radius 1 is 1.00 bits per heavy atom. The summed E-state index contributed by atoms with van der Waals surface area (Å²) in [7, 11) is 0. The molecule has 1 saturated carbocycles. The van der Waals surface area contributed by atoms with Gasteiger partial charge in [0.25, 0.3) is 0 Å². The van der Waals surface area contributed by atoms with E-state index in [1.165, 1.54) is 0 Å². The summed E-state index contributed by atoms with van der Waals surface area (Å²) in [4.78, 5) is 24.0. The Morgan fingerprint density at radius 3 is 2.15 bits per heavy atom. The molecule has 0 bridgehead atoms. The van der Waals surface area contributed by atoms with Crippen molar-refractivity contribution < 1.29 is 9.59 Å². The van der Waals surface area contributed by atoms with Crippen LogP contribution >= 0.6 is 0 Å². The summed E-state index contributed by atoms with van der Waals surface area (Å²) in [5.41, 5.74) is 0. The third-order valence-corrected chi connectivity index (χ3v) is 4.10. The molecule has 1 fully saturated rings. The summed E-state index contributed by atoms with van der Waals surface area (Å²) >= 11 is 0. The van der Waals surface area contributed by atoms with Gasteiger partial charge in [-0.2, -0.15) is 0 Å². The van der Waals surface area contributed by atoms with Crippen LogP contribution in [0.25, 0.3) is 0 Å². The zero-order chi connectivity index (χ0) is 15.0. The largest absolute Gasteiger partial charge is 0.355 e. The van der Waals surface area contributed by atoms with Gasteiger partial charge in [-0.05, 0) is 38.6 Å². The standard InChI is InChI=1S/C16H30N2O2/c1-4-9-17-10-11-18-16(20)14-7-5-13(6-8-14)15(19)12(2)3/h12-14,17H,4-11H2,1-3H3,(H,18,20). The van der Waals surface area contributed by atoms with Crippen LogP contribution in [0.5, 0.6) is 0 Å². The molecule has 0 heterocycles. The molecule has 0 atom stereocenters. The number of nitrogens with one attached hydrogen (secondary N) is 2. The Morgan fingerprint density at radius 2 is 1.60 bits per heavy atom. The van der Waals surface area contributed by atoms with Gasteiger partial charge in [-0.15, -0.1) is 0 Å². The molecule has 1 aliphatic rings. The highest BCUT2D eigenvalue weighted by Gasteiger charge is 2.30. The van der Waals surface area contributed by atoms with Crippen molar-refractivity contribution in [2.75, 3.05) is 19.6 Å². The predicted octanol–water partition coefficient (Wildman–Crippen LogP) is 2.13. The normalized spacial score (nSPS) is 22.8. The van der Waals surface area contributed by atoms with Crippen molar-refractivity contribution in [1.29, 1.82) is 0 Å². The van der Waals surface area contributed by atoms with Crippen LogP contribution in [0, 0.1) is 17.8 Å². The van der Waals surface area contributed by atoms with Crippen LogP contribution in [0.4, 0.5) is 0 Å². The van der Waals surface area contributed by atoms with Gasteiger partial charge in [-0.1, -0.05) is 20.8 Å². The Bertz CT molecular complexity index is 308. The Kier molecular flexibility index (Phi) is 7.82. The number of hydrogen-bond acceptors (Lipinski definition) is 3. The average Bonchev–Trinajstić information content (AvgIpc) is 2.46. The molecule has 0 aromatic carbocycles. The summed E-state index contributed by atoms with van der Waals surface area (Å²) < 4.78 is 0. The molecule has 1 amide bonds. The van der Waals surface area contributed by atoms with Gasteiger partial charge in [-0.25, -0.2) is 0 Å². The second-order valence-corrected chi connectivity index (χ2v) is 6.15. The lowest BCUT2D eigenvalue weighted by Gasteiger charge is -2.27. The van der Waals surface area contributed by atoms with E-state index < -0.39 is 0 Å². The maximum atomic E-state index is 12.0. The Balaban J connectivity index is 2.20. The minimum Gasteiger partial charge on any atom is -0.355 e. The van der Waals surface area contributed by atoms with Gasteiger partial charge in [0.15, 0.2) is 0 Å². The third kappa shape index (κ3) is 5.61. The van der Waals surface area contributed by atoms with E-state index in [2.05, 4.69) is 17.6 Å². The van der Waals surface area contributed by atoms with Crippen LogP contribution in [-0.2, 0) is 9.59 Å². The van der Waals surface area contributed by atoms with Crippen molar-refractivity contribution in [2.24, 2.45) is 17.8 Å². The smallest absolute Gasteiger partial charge is 0.223 e. The Labute approximate surface area is 123 Å². The van der Waals surface area contributed by atoms with Crippen LogP contribution in [0.2, 0.25) is 0 Å². The fourth-order valence-corrected chi connectivity index (χ4v) is 2.83. The summed E-state index contributed by atoms with van der Waals surface area (Å²) in [5.74, 6) is 0.948. The van der Waals surface area contributed by atoms with Gasteiger partial charge in [0.05, 0.1) is 0 Å². The first kappa shape index (κ1) is 17.2. The van der Waals surface area contributed by atoms with E-state index in [0.717, 1.165) is 45.2 Å². The first-order valence-electron chi connectivity index (χ1n) is 8.08. The quantitative estimate of drug-likeness (QED) is 0.671. The van der Waals surface area contributed by atoms with Crippen LogP contribution < -0.4 is 10.6 Å². The second kappa shape index (κ2) is 9.11. The van der Waals surface area contributed by atoms with Crippen molar-refractivity contribution in [2.45, 2.75) is 52.9 Å². The van der Waals surface area contributed by atoms with E-state index in [-0.39, 0.29) is 23.7 Å². The van der Waals surface area contributed by atoms with Gasteiger partial charge in [0, 0.05) is 30.8 Å². The van der Waals surface area contributed by atoms with E-state index >= 15 is 0 Å². The number of hydrogen-bond donors (Lipinski definition) is 2. The Hall–Kier alpha value is -0.900. The molecule has 2 N–H and O–H groups in total. The lowest BCUT2D eigenvalue weighted by Crippen LogP contribution is -2.38. The summed E-state index contributed by atoms with van der Waals surface area (Å²) in [6, 6.07) is 0. The molecule has 4 nitrogen and oxygen atoms in total. The fourth-order valence-electron chi connectivity index (χ4n) is 2.83. The van der Waals surface area contributed by atoms with Crippen LogP contribution in [0.1, 0.15) is 52.9 Å². The SMILES string of the molecule is CCCNCCNC(=O)C1CCC(C(=O)C(C)C)CC1. The molecule has 1 rings (SSSR count). The van der Waals surface area contributed by atoms with E-state index in [1.807, 2.05) is 13.8 Å². The number of rotatable bonds is 8. The van der Waals surface area contributed by atoms with Gasteiger partial charge < -0.3 is 10.6 Å². The third-order valence-electron chi connectivity index (χ3n) is 4.10. The minimum absolute atomic E-state index is 0.109. The molecular weight excluding hydrogens is 252 g/mol. The molecule has 0 aromatic rings. The number of carbonyl (C=O) groups excluding carboxylic acids is 2. The number of carbonyl (C=O) groups is 2. The van der Waals surface area contributed by atoms with E-state index in [9.17, 15) is 9.59 Å². The monoisotopic (exact) mass is 282 g/mol. The highest BCUT2D eigenvalue weighted by Crippen LogP contribution is 2.30. The molecule has 20 heavy (non-hydrogen) atoms. The minimum atomic E-state index is 0.109. The van der Waals surface area contributed by atoms with Gasteiger partial charge in [-0.3, -0.25) is 9.59 Å². The molecule has 0 saturated heterocycles. The molecule has 0 aromatic heterocycles. The second-order valence-electron chi connectivity index (χ2n) is 6.15. The van der Waals surface area contributed by atoms with E-state index in [4.69, 9.17) is 0 Å². The topological polar surface area (TPSA) is 58.2 Å². The zero-order valence-corrected chi connectivity index (χ0v) is 13.2. The molecule has 0 unspecified atom stereocenters. The molecule has 0 aliphatic heterocycles. The fraction of sp³-hybridized carbons (Fsp3) is 0.875. The van der Waals surface area contributed by atoms with Crippen molar-refractivity contribution in [1.82, 2.24) is 10.6 Å². The van der Waals surface area contributed by atoms with E-state index in [0.29, 0.717) is 12.3 Å². The first-order valence-corrected chi connectivity index (χ1v) is 8.08. The number of ketones is 1. The number of Topliss-reactive ketones (excluding diaryl/α,β-unsaturated/α-hetero) is 1. The van der Waals surface area contributed by atoms with Gasteiger partial charge in [0.2, 0.25) is 5.91 Å². The molecule has 1 aliphatic carbocycles. The molecule has 116 valence electrons. The molecule has 4 heteroatoms. The molecule has 0 spiro atoms. The highest BCUT2D eigenvalue weighted by atomic mass is 16.2. The van der Waals surface area contributed by atoms with Crippen molar-refractivity contribution >= 4 is 11.7 Å². The molecule has 0 radical (unpaired) electrons. The van der Waals surface area contributed by atoms with Crippen molar-refractivity contribution in [3.63, 3.8) is 0 Å². The van der Waals surface area contributed by atoms with Crippen LogP contribution in [-0.4, -0.2) is 31.3 Å². The van der Waals surface area contributed by atoms with Gasteiger partial charge in [0.1, 0.15) is 5.78 Å². The number of amides is 1. The van der Waals surface area contributed by atoms with Crippen LogP contribution in [0.3, 0.4) is 0 Å². The van der Waals surface area contributed by atoms with Gasteiger partial charge >= 0.3 is 0 Å². The zero-order valence-electron chi connectivity index (χ0n) is 13.2.